The summed E-state index contributed by atoms with van der Waals surface area (Å²) in [6.45, 7) is 9.17. The summed E-state index contributed by atoms with van der Waals surface area (Å²) in [6.07, 6.45) is 7.46. The Morgan fingerprint density at radius 3 is 1.48 bits per heavy atom. The number of aromatic nitrogens is 3. The molecule has 0 bridgehead atoms. The maximum Gasteiger partial charge on any atom is 0.313 e. The Hall–Kier alpha value is -5.61. The van der Waals surface area contributed by atoms with Crippen LogP contribution in [0.2, 0.25) is 0 Å². The van der Waals surface area contributed by atoms with Gasteiger partial charge in [0.1, 0.15) is 11.7 Å². The van der Waals surface area contributed by atoms with Crippen molar-refractivity contribution in [1.82, 2.24) is 25.6 Å². The van der Waals surface area contributed by atoms with Crippen LogP contribution in [0.5, 0.6) is 5.75 Å². The quantitative estimate of drug-likeness (QED) is 0.0242. The zero-order valence-electron chi connectivity index (χ0n) is 40.9. The van der Waals surface area contributed by atoms with Gasteiger partial charge in [0.05, 0.1) is 156 Å². The average molecular weight is 1040 g/mol. The lowest BCUT2D eigenvalue weighted by Crippen LogP contribution is -2.27. The zero-order chi connectivity index (χ0) is 52.3. The summed E-state index contributed by atoms with van der Waals surface area (Å²) in [5.41, 5.74) is 9.12. The number of fused-ring (bicyclic) bond motifs is 1. The highest BCUT2D eigenvalue weighted by Crippen LogP contribution is 2.30. The topological polar surface area (TPSA) is 254 Å². The third-order valence-electron chi connectivity index (χ3n) is 9.71. The van der Waals surface area contributed by atoms with Crippen LogP contribution in [0, 0.1) is 23.3 Å². The van der Waals surface area contributed by atoms with Crippen molar-refractivity contribution in [2.75, 3.05) is 139 Å². The molecule has 2 amide bonds. The highest BCUT2D eigenvalue weighted by molar-refractivity contribution is 6.05. The molecule has 0 fully saturated rings. The van der Waals surface area contributed by atoms with Crippen LogP contribution in [0.25, 0.3) is 17.2 Å². The molecular weight excluding hydrogens is 975 g/mol. The Labute approximate surface area is 420 Å². The normalized spacial score (nSPS) is 12.2. The number of hydrogen-bond acceptors (Lipinski definition) is 19. The Morgan fingerprint density at radius 1 is 0.575 bits per heavy atom. The van der Waals surface area contributed by atoms with E-state index in [0.717, 1.165) is 12.0 Å². The maximum atomic E-state index is 13.6. The number of carbonyl (C=O) groups is 3. The molecule has 21 nitrogen and oxygen atoms in total. The summed E-state index contributed by atoms with van der Waals surface area (Å²) < 4.78 is 112. The van der Waals surface area contributed by atoms with Gasteiger partial charge in [-0.1, -0.05) is 6.92 Å². The van der Waals surface area contributed by atoms with Crippen LogP contribution in [-0.4, -0.2) is 177 Å². The SMILES string of the molecule is CCCNC(=O)C1=Cc2ncc(-c3cnc(CNC(=O)CCOCCOCCOCCOCCOCCOCCOCCOCCOCCOCCC(=O)Oc4c(F)c(F)cc(F)c4F)nc3)cc2N=C(N)C1. The number of amidine groups is 1. The highest BCUT2D eigenvalue weighted by atomic mass is 19.2. The number of nitrogens with one attached hydrogen (secondary N) is 2. The van der Waals surface area contributed by atoms with Gasteiger partial charge in [0.15, 0.2) is 11.6 Å². The van der Waals surface area contributed by atoms with Gasteiger partial charge in [0.2, 0.25) is 29.2 Å². The summed E-state index contributed by atoms with van der Waals surface area (Å²) in [6, 6.07) is 1.83. The number of nitrogens with zero attached hydrogens (tertiary/aromatic N) is 4. The molecule has 0 spiro atoms. The van der Waals surface area contributed by atoms with Crippen molar-refractivity contribution in [2.45, 2.75) is 39.2 Å². The minimum absolute atomic E-state index is 0.0134. The Morgan fingerprint density at radius 2 is 1.01 bits per heavy atom. The highest BCUT2D eigenvalue weighted by Gasteiger charge is 2.23. The van der Waals surface area contributed by atoms with Crippen molar-refractivity contribution in [3.8, 4) is 16.9 Å². The second-order valence-electron chi connectivity index (χ2n) is 15.4. The fraction of sp³-hybridized carbons (Fsp3) is 0.562. The predicted molar refractivity (Wildman–Crippen MR) is 254 cm³/mol. The molecule has 0 aliphatic carbocycles. The predicted octanol–water partition coefficient (Wildman–Crippen LogP) is 3.57. The van der Waals surface area contributed by atoms with Gasteiger partial charge in [0, 0.05) is 60.7 Å². The molecule has 25 heteroatoms. The Bertz CT molecular complexity index is 2150. The van der Waals surface area contributed by atoms with Gasteiger partial charge in [-0.2, -0.15) is 8.78 Å². The van der Waals surface area contributed by atoms with Crippen molar-refractivity contribution in [1.29, 1.82) is 0 Å². The summed E-state index contributed by atoms with van der Waals surface area (Å²) in [7, 11) is 0. The number of esters is 1. The minimum atomic E-state index is -1.80. The molecule has 73 heavy (non-hydrogen) atoms. The summed E-state index contributed by atoms with van der Waals surface area (Å²) in [4.78, 5) is 54.2. The van der Waals surface area contributed by atoms with Gasteiger partial charge >= 0.3 is 5.97 Å². The molecule has 404 valence electrons. The van der Waals surface area contributed by atoms with Gasteiger partial charge < -0.3 is 68.5 Å². The Kier molecular flexibility index (Phi) is 29.8. The van der Waals surface area contributed by atoms with Crippen molar-refractivity contribution in [3.63, 3.8) is 0 Å². The molecule has 1 aliphatic rings. The summed E-state index contributed by atoms with van der Waals surface area (Å²) in [5.74, 6) is -9.17. The van der Waals surface area contributed by atoms with Gasteiger partial charge in [-0.05, 0) is 18.6 Å². The number of amides is 2. The van der Waals surface area contributed by atoms with Crippen LogP contribution in [-0.2, 0) is 68.3 Å². The van der Waals surface area contributed by atoms with Gasteiger partial charge in [-0.3, -0.25) is 19.4 Å². The van der Waals surface area contributed by atoms with Crippen LogP contribution in [0.15, 0.2) is 41.3 Å². The number of rotatable bonds is 40. The molecule has 2 aromatic heterocycles. The molecule has 3 heterocycles. The molecule has 3 aromatic rings. The van der Waals surface area contributed by atoms with Crippen LogP contribution < -0.4 is 21.1 Å². The number of nitrogens with two attached hydrogens (primary N) is 1. The fourth-order valence-corrected chi connectivity index (χ4v) is 5.99. The Balaban J connectivity index is 0.835. The first kappa shape index (κ1) is 59.9. The minimum Gasteiger partial charge on any atom is -0.420 e. The van der Waals surface area contributed by atoms with E-state index in [2.05, 4.69) is 35.3 Å². The molecule has 4 rings (SSSR count). The molecule has 1 aromatic carbocycles. The van der Waals surface area contributed by atoms with Crippen LogP contribution >= 0.6 is 0 Å². The van der Waals surface area contributed by atoms with E-state index in [0.29, 0.717) is 140 Å². The number of ether oxygens (including phenoxy) is 11. The number of carbonyl (C=O) groups excluding carboxylic acids is 3. The van der Waals surface area contributed by atoms with Crippen LogP contribution in [0.3, 0.4) is 0 Å². The third-order valence-corrected chi connectivity index (χ3v) is 9.71. The average Bonchev–Trinajstić information content (AvgIpc) is 3.56. The van der Waals surface area contributed by atoms with E-state index < -0.39 is 41.4 Å². The molecule has 0 atom stereocenters. The number of hydrogen-bond donors (Lipinski definition) is 3. The first-order chi connectivity index (χ1) is 35.5. The standard InChI is InChI=1S/C48H65F4N7O14/c1-2-5-54-48(62)34-26-39-40(59-41(53)28-34)27-35(30-55-39)36-31-56-42(57-32-36)33-58-43(60)3-6-63-8-10-65-12-14-67-16-18-69-20-22-71-24-25-72-23-21-70-19-17-68-15-13-66-11-9-64-7-4-44(61)73-47-45(51)37(49)29-38(50)46(47)52/h26-27,29-32H,2-25,28,33H2,1H3,(H2,53,59)(H,54,62)(H,58,60). The molecule has 0 unspecified atom stereocenters. The molecule has 0 saturated carbocycles. The van der Waals surface area contributed by atoms with E-state index in [-0.39, 0.29) is 70.3 Å². The van der Waals surface area contributed by atoms with E-state index >= 15 is 0 Å². The van der Waals surface area contributed by atoms with Crippen molar-refractivity contribution in [3.05, 3.63) is 71.1 Å². The third kappa shape index (κ3) is 24.8. The number of halogens is 4. The van der Waals surface area contributed by atoms with Gasteiger partial charge in [-0.25, -0.2) is 23.7 Å². The van der Waals surface area contributed by atoms with E-state index in [1.54, 1.807) is 24.7 Å². The smallest absolute Gasteiger partial charge is 0.313 e. The van der Waals surface area contributed by atoms with E-state index in [4.69, 9.17) is 53.1 Å². The van der Waals surface area contributed by atoms with Gasteiger partial charge in [-0.15, -0.1) is 0 Å². The molecule has 0 radical (unpaired) electrons. The second kappa shape index (κ2) is 36.3. The lowest BCUT2D eigenvalue weighted by Gasteiger charge is -2.09. The van der Waals surface area contributed by atoms with Gasteiger partial charge in [0.25, 0.3) is 0 Å². The second-order valence-corrected chi connectivity index (χ2v) is 15.4. The van der Waals surface area contributed by atoms with Crippen LogP contribution in [0.1, 0.15) is 44.1 Å². The largest absolute Gasteiger partial charge is 0.420 e. The van der Waals surface area contributed by atoms with Crippen molar-refractivity contribution < 1.29 is 84.1 Å². The molecule has 4 N–H and O–H groups in total. The van der Waals surface area contributed by atoms with E-state index in [1.165, 1.54) is 0 Å². The monoisotopic (exact) mass is 1040 g/mol. The molecular formula is C48H65F4N7O14. The van der Waals surface area contributed by atoms with Crippen molar-refractivity contribution in [2.24, 2.45) is 10.7 Å². The first-order valence-corrected chi connectivity index (χ1v) is 23.8. The lowest BCUT2D eigenvalue weighted by molar-refractivity contribution is -0.136. The molecule has 0 saturated heterocycles. The number of pyridine rings is 1. The summed E-state index contributed by atoms with van der Waals surface area (Å²) in [5, 5.41) is 5.65. The lowest BCUT2D eigenvalue weighted by atomic mass is 10.1. The maximum absolute atomic E-state index is 13.6. The molecule has 1 aliphatic heterocycles. The summed E-state index contributed by atoms with van der Waals surface area (Å²) >= 11 is 0. The number of benzene rings is 1. The van der Waals surface area contributed by atoms with E-state index in [1.807, 2.05) is 13.0 Å². The first-order valence-electron chi connectivity index (χ1n) is 23.8. The number of aliphatic imine (C=N–C) groups is 1. The van der Waals surface area contributed by atoms with Crippen LogP contribution in [0.4, 0.5) is 23.2 Å². The van der Waals surface area contributed by atoms with Crippen molar-refractivity contribution >= 4 is 35.4 Å². The van der Waals surface area contributed by atoms with E-state index in [9.17, 15) is 31.9 Å². The zero-order valence-corrected chi connectivity index (χ0v) is 40.9. The fourth-order valence-electron chi connectivity index (χ4n) is 5.99.